The molecule has 11 nitrogen and oxygen atoms in total. The van der Waals surface area contributed by atoms with E-state index in [2.05, 4.69) is 30.3 Å². The van der Waals surface area contributed by atoms with E-state index >= 15 is 0 Å². The van der Waals surface area contributed by atoms with Gasteiger partial charge in [0.1, 0.15) is 5.65 Å². The van der Waals surface area contributed by atoms with Crippen LogP contribution in [0.4, 0.5) is 16.2 Å². The maximum atomic E-state index is 12.7. The van der Waals surface area contributed by atoms with Gasteiger partial charge in [0.15, 0.2) is 11.5 Å². The van der Waals surface area contributed by atoms with Crippen molar-refractivity contribution in [2.75, 3.05) is 30.4 Å². The van der Waals surface area contributed by atoms with E-state index in [0.29, 0.717) is 35.9 Å². The minimum Gasteiger partial charge on any atom is -0.493 e. The van der Waals surface area contributed by atoms with Gasteiger partial charge in [0.05, 0.1) is 49.0 Å². The van der Waals surface area contributed by atoms with Gasteiger partial charge in [-0.2, -0.15) is 5.10 Å². The lowest BCUT2D eigenvalue weighted by Crippen LogP contribution is -2.43. The summed E-state index contributed by atoms with van der Waals surface area (Å²) in [6.07, 6.45) is 11.3. The Balaban J connectivity index is 1.35. The largest absolute Gasteiger partial charge is 0.493 e. The quantitative estimate of drug-likeness (QED) is 0.398. The van der Waals surface area contributed by atoms with Crippen LogP contribution < -0.4 is 25.4 Å². The van der Waals surface area contributed by atoms with E-state index in [1.54, 1.807) is 42.8 Å². The normalized spacial score (nSPS) is 15.9. The van der Waals surface area contributed by atoms with Crippen LogP contribution in [0.1, 0.15) is 18.4 Å². The molecule has 34 heavy (non-hydrogen) atoms. The van der Waals surface area contributed by atoms with Crippen molar-refractivity contribution in [2.24, 2.45) is 5.73 Å². The second-order valence-corrected chi connectivity index (χ2v) is 8.19. The van der Waals surface area contributed by atoms with Crippen molar-refractivity contribution >= 4 is 28.5 Å². The first-order chi connectivity index (χ1) is 16.6. The maximum Gasteiger partial charge on any atom is 0.417 e. The zero-order valence-corrected chi connectivity index (χ0v) is 18.8. The maximum absolute atomic E-state index is 12.7. The van der Waals surface area contributed by atoms with Gasteiger partial charge >= 0.3 is 6.09 Å². The smallest absolute Gasteiger partial charge is 0.417 e. The molecule has 1 saturated heterocycles. The van der Waals surface area contributed by atoms with Crippen molar-refractivity contribution in [1.82, 2.24) is 24.7 Å². The molecule has 0 spiro atoms. The Morgan fingerprint density at radius 2 is 2.18 bits per heavy atom. The minimum absolute atomic E-state index is 0.0747. The van der Waals surface area contributed by atoms with Crippen molar-refractivity contribution in [1.29, 1.82) is 0 Å². The van der Waals surface area contributed by atoms with Gasteiger partial charge in [-0.15, -0.1) is 0 Å². The number of aromatic amines is 1. The first kappa shape index (κ1) is 21.7. The third-order valence-corrected chi connectivity index (χ3v) is 5.79. The molecule has 4 N–H and O–H groups in total. The summed E-state index contributed by atoms with van der Waals surface area (Å²) in [6.45, 7) is 2.08. The number of fused-ring (bicyclic) bond motifs is 1. The summed E-state index contributed by atoms with van der Waals surface area (Å²) in [6, 6.07) is 3.88. The van der Waals surface area contributed by atoms with Crippen molar-refractivity contribution in [3.05, 3.63) is 54.9 Å². The number of anilines is 2. The first-order valence-electron chi connectivity index (χ1n) is 11.1. The molecule has 0 aliphatic carbocycles. The molecule has 176 valence electrons. The number of piperidine rings is 1. The molecule has 0 radical (unpaired) electrons. The Morgan fingerprint density at radius 3 is 2.97 bits per heavy atom. The average Bonchev–Trinajstić information content (AvgIpc) is 3.45. The molecule has 5 heterocycles. The number of nitrogens with two attached hydrogens (primary N) is 1. The predicted molar refractivity (Wildman–Crippen MR) is 127 cm³/mol. The van der Waals surface area contributed by atoms with Gasteiger partial charge in [0.25, 0.3) is 0 Å². The Hall–Kier alpha value is -4.12. The number of H-pyrrole nitrogens is 1. The second-order valence-electron chi connectivity index (χ2n) is 8.19. The highest BCUT2D eigenvalue weighted by Crippen LogP contribution is 2.40. The fourth-order valence-electron chi connectivity index (χ4n) is 4.24. The highest BCUT2D eigenvalue weighted by atomic mass is 16.6. The van der Waals surface area contributed by atoms with Crippen LogP contribution in [0.2, 0.25) is 0 Å². The summed E-state index contributed by atoms with van der Waals surface area (Å²) in [5, 5.41) is 7.83. The van der Waals surface area contributed by atoms with Crippen LogP contribution in [0.25, 0.3) is 11.0 Å². The molecule has 4 aromatic rings. The Kier molecular flexibility index (Phi) is 6.00. The zero-order valence-electron chi connectivity index (χ0n) is 18.8. The lowest BCUT2D eigenvalue weighted by molar-refractivity contribution is 0.215. The Bertz CT molecular complexity index is 1290. The number of ether oxygens (including phenoxy) is 2. The van der Waals surface area contributed by atoms with E-state index in [1.165, 1.54) is 6.20 Å². The molecule has 0 unspecified atom stereocenters. The molecular weight excluding hydrogens is 436 g/mol. The van der Waals surface area contributed by atoms with Crippen LogP contribution in [0.15, 0.2) is 49.3 Å². The van der Waals surface area contributed by atoms with Crippen molar-refractivity contribution in [2.45, 2.75) is 25.4 Å². The number of hydrogen-bond acceptors (Lipinski definition) is 8. The Labute approximate surface area is 195 Å². The fourth-order valence-corrected chi connectivity index (χ4v) is 4.24. The topological polar surface area (TPSA) is 136 Å². The fraction of sp³-hybridized carbons (Fsp3) is 0.304. The Morgan fingerprint density at radius 1 is 1.32 bits per heavy atom. The molecule has 0 bridgehead atoms. The molecule has 1 atom stereocenters. The van der Waals surface area contributed by atoms with Gasteiger partial charge in [-0.1, -0.05) is 0 Å². The van der Waals surface area contributed by atoms with Gasteiger partial charge in [-0.25, -0.2) is 9.78 Å². The van der Waals surface area contributed by atoms with E-state index in [4.69, 9.17) is 15.2 Å². The number of aromatic nitrogens is 5. The number of nitrogens with one attached hydrogen (secondary N) is 2. The van der Waals surface area contributed by atoms with Crippen LogP contribution in [-0.2, 0) is 6.54 Å². The second kappa shape index (κ2) is 9.40. The number of rotatable bonds is 6. The van der Waals surface area contributed by atoms with Crippen molar-refractivity contribution in [3.63, 3.8) is 0 Å². The molecular formula is C23H26N8O3. The van der Waals surface area contributed by atoms with E-state index in [1.807, 2.05) is 12.1 Å². The van der Waals surface area contributed by atoms with Crippen LogP contribution >= 0.6 is 0 Å². The van der Waals surface area contributed by atoms with E-state index in [9.17, 15) is 4.79 Å². The van der Waals surface area contributed by atoms with Crippen LogP contribution in [0.5, 0.6) is 11.5 Å². The summed E-state index contributed by atoms with van der Waals surface area (Å²) in [4.78, 5) is 26.4. The van der Waals surface area contributed by atoms with Gasteiger partial charge in [-0.3, -0.25) is 15.0 Å². The highest BCUT2D eigenvalue weighted by molar-refractivity contribution is 6.07. The summed E-state index contributed by atoms with van der Waals surface area (Å²) in [5.74, 6) is 0.958. The molecule has 1 aliphatic heterocycles. The summed E-state index contributed by atoms with van der Waals surface area (Å²) in [7, 11) is 1.61. The number of amides is 1. The highest BCUT2D eigenvalue weighted by Gasteiger charge is 2.25. The van der Waals surface area contributed by atoms with Gasteiger partial charge in [0, 0.05) is 37.7 Å². The number of carbonyl (C=O) groups is 1. The molecule has 1 fully saturated rings. The van der Waals surface area contributed by atoms with Crippen molar-refractivity contribution in [3.8, 4) is 11.5 Å². The van der Waals surface area contributed by atoms with Crippen LogP contribution in [0, 0.1) is 0 Å². The molecule has 4 aromatic heterocycles. The van der Waals surface area contributed by atoms with Gasteiger partial charge in [-0.05, 0) is 30.5 Å². The number of carbonyl (C=O) groups excluding carboxylic acids is 1. The number of methoxy groups -OCH3 is 1. The molecule has 1 aliphatic rings. The van der Waals surface area contributed by atoms with Crippen LogP contribution in [0.3, 0.4) is 0 Å². The standard InChI is InChI=1S/C23H26N8O3/c1-33-19-11-27-22-20(21(19)30-8-2-3-16(24)13-30)18(10-26-22)29-23(32)34-17-9-28-31(14-17)12-15-4-6-25-7-5-15/h4-7,9-11,14,16H,2-3,8,12-13,24H2,1H3,(H,26,27)(H,29,32)/t16-/m1/s1. The lowest BCUT2D eigenvalue weighted by Gasteiger charge is -2.34. The van der Waals surface area contributed by atoms with E-state index in [0.717, 1.165) is 36.0 Å². The first-order valence-corrected chi connectivity index (χ1v) is 11.1. The molecule has 1 amide bonds. The van der Waals surface area contributed by atoms with Gasteiger partial charge < -0.3 is 25.1 Å². The molecule has 11 heteroatoms. The van der Waals surface area contributed by atoms with E-state index in [-0.39, 0.29) is 6.04 Å². The SMILES string of the molecule is COc1cnc2[nH]cc(NC(=O)Oc3cnn(Cc4ccncc4)c3)c2c1N1CCC[C@@H](N)C1. The van der Waals surface area contributed by atoms with E-state index < -0.39 is 6.09 Å². The third-order valence-electron chi connectivity index (χ3n) is 5.79. The molecule has 5 rings (SSSR count). The molecule has 0 saturated carbocycles. The average molecular weight is 463 g/mol. The number of nitrogens with zero attached hydrogens (tertiary/aromatic N) is 5. The summed E-state index contributed by atoms with van der Waals surface area (Å²) < 4.78 is 12.8. The number of hydrogen-bond donors (Lipinski definition) is 3. The van der Waals surface area contributed by atoms with Crippen molar-refractivity contribution < 1.29 is 14.3 Å². The van der Waals surface area contributed by atoms with Crippen LogP contribution in [-0.4, -0.2) is 57.1 Å². The van der Waals surface area contributed by atoms with Gasteiger partial charge in [0.2, 0.25) is 0 Å². The zero-order chi connectivity index (χ0) is 23.5. The lowest BCUT2D eigenvalue weighted by atomic mass is 10.0. The predicted octanol–water partition coefficient (Wildman–Crippen LogP) is 2.75. The third kappa shape index (κ3) is 4.50. The monoisotopic (exact) mass is 462 g/mol. The molecule has 0 aromatic carbocycles. The summed E-state index contributed by atoms with van der Waals surface area (Å²) in [5.41, 5.74) is 9.29. The summed E-state index contributed by atoms with van der Waals surface area (Å²) >= 11 is 0. The minimum atomic E-state index is -0.631. The number of pyridine rings is 2.